The van der Waals surface area contributed by atoms with Gasteiger partial charge < -0.3 is 39.4 Å². The van der Waals surface area contributed by atoms with Crippen LogP contribution in [0.1, 0.15) is 245 Å². The van der Waals surface area contributed by atoms with Crippen molar-refractivity contribution in [2.75, 3.05) is 19.8 Å². The Hall–Kier alpha value is -1.82. The first-order valence-corrected chi connectivity index (χ1v) is 26.4. The van der Waals surface area contributed by atoms with E-state index in [9.17, 15) is 30.0 Å². The molecule has 0 aromatic heterocycles. The monoisotopic (exact) mass is 895 g/mol. The van der Waals surface area contributed by atoms with Crippen molar-refractivity contribution in [3.05, 3.63) is 24.3 Å². The van der Waals surface area contributed by atoms with E-state index in [1.807, 2.05) is 0 Å². The van der Waals surface area contributed by atoms with Crippen LogP contribution in [0.3, 0.4) is 0 Å². The van der Waals surface area contributed by atoms with Gasteiger partial charge in [0.2, 0.25) is 0 Å². The summed E-state index contributed by atoms with van der Waals surface area (Å²) in [6, 6.07) is 0. The molecule has 1 fully saturated rings. The van der Waals surface area contributed by atoms with Crippen molar-refractivity contribution in [1.29, 1.82) is 0 Å². The largest absolute Gasteiger partial charge is 0.462 e. The Morgan fingerprint density at radius 1 is 0.476 bits per heavy atom. The Morgan fingerprint density at radius 3 is 1.24 bits per heavy atom. The first-order chi connectivity index (χ1) is 30.8. The zero-order valence-electron chi connectivity index (χ0n) is 40.6. The van der Waals surface area contributed by atoms with E-state index in [1.54, 1.807) is 0 Å². The Kier molecular flexibility index (Phi) is 41.4. The molecule has 4 N–H and O–H groups in total. The van der Waals surface area contributed by atoms with Crippen LogP contribution in [0.2, 0.25) is 0 Å². The molecule has 0 bridgehead atoms. The smallest absolute Gasteiger partial charge is 0.306 e. The highest BCUT2D eigenvalue weighted by Crippen LogP contribution is 2.23. The second-order valence-corrected chi connectivity index (χ2v) is 18.3. The van der Waals surface area contributed by atoms with E-state index in [0.717, 1.165) is 44.9 Å². The Morgan fingerprint density at radius 2 is 0.841 bits per heavy atom. The molecule has 370 valence electrons. The van der Waals surface area contributed by atoms with Crippen LogP contribution in [0, 0.1) is 0 Å². The minimum Gasteiger partial charge on any atom is -0.462 e. The highest BCUT2D eigenvalue weighted by atomic mass is 16.7. The van der Waals surface area contributed by atoms with Crippen LogP contribution in [0.15, 0.2) is 24.3 Å². The molecule has 1 saturated heterocycles. The van der Waals surface area contributed by atoms with E-state index in [4.69, 9.17) is 18.9 Å². The third-order valence-electron chi connectivity index (χ3n) is 12.3. The van der Waals surface area contributed by atoms with Gasteiger partial charge in [-0.15, -0.1) is 0 Å². The number of esters is 2. The van der Waals surface area contributed by atoms with E-state index < -0.39 is 49.4 Å². The number of hydrogen-bond acceptors (Lipinski definition) is 10. The van der Waals surface area contributed by atoms with Gasteiger partial charge >= 0.3 is 11.9 Å². The minimum absolute atomic E-state index is 0.216. The fourth-order valence-electron chi connectivity index (χ4n) is 8.12. The van der Waals surface area contributed by atoms with Crippen molar-refractivity contribution in [1.82, 2.24) is 0 Å². The van der Waals surface area contributed by atoms with E-state index in [-0.39, 0.29) is 32.0 Å². The Balaban J connectivity index is 2.24. The molecule has 1 aliphatic rings. The first kappa shape index (κ1) is 59.2. The fourth-order valence-corrected chi connectivity index (χ4v) is 8.12. The predicted octanol–water partition coefficient (Wildman–Crippen LogP) is 12.5. The zero-order valence-corrected chi connectivity index (χ0v) is 40.6. The number of aliphatic hydroxyl groups excluding tert-OH is 4. The summed E-state index contributed by atoms with van der Waals surface area (Å²) in [5, 5.41) is 40.2. The van der Waals surface area contributed by atoms with Gasteiger partial charge in [-0.25, -0.2) is 0 Å². The molecule has 2 unspecified atom stereocenters. The molecular weight excluding hydrogens is 797 g/mol. The van der Waals surface area contributed by atoms with Gasteiger partial charge in [0.1, 0.15) is 31.0 Å². The molecule has 0 amide bonds. The van der Waals surface area contributed by atoms with Crippen LogP contribution in [-0.2, 0) is 28.5 Å². The molecule has 10 heteroatoms. The molecule has 0 spiro atoms. The molecule has 0 radical (unpaired) electrons. The number of rotatable bonds is 45. The first-order valence-electron chi connectivity index (χ1n) is 26.4. The second kappa shape index (κ2) is 44.0. The maximum absolute atomic E-state index is 12.8. The van der Waals surface area contributed by atoms with E-state index >= 15 is 0 Å². The van der Waals surface area contributed by atoms with Crippen molar-refractivity contribution in [2.45, 2.75) is 282 Å². The normalized spacial score (nSPS) is 19.6. The summed E-state index contributed by atoms with van der Waals surface area (Å²) < 4.78 is 22.3. The Labute approximate surface area is 385 Å². The summed E-state index contributed by atoms with van der Waals surface area (Å²) in [4.78, 5) is 25.5. The quantitative estimate of drug-likeness (QED) is 0.0264. The minimum atomic E-state index is -1.59. The molecular formula is C53H98O10. The van der Waals surface area contributed by atoms with Crippen molar-refractivity contribution in [2.24, 2.45) is 0 Å². The van der Waals surface area contributed by atoms with Crippen LogP contribution < -0.4 is 0 Å². The fraction of sp³-hybridized carbons (Fsp3) is 0.887. The lowest BCUT2D eigenvalue weighted by Crippen LogP contribution is -2.59. The van der Waals surface area contributed by atoms with Gasteiger partial charge in [0.25, 0.3) is 0 Å². The van der Waals surface area contributed by atoms with Gasteiger partial charge in [-0.05, 0) is 64.2 Å². The van der Waals surface area contributed by atoms with Gasteiger partial charge in [-0.2, -0.15) is 0 Å². The summed E-state index contributed by atoms with van der Waals surface area (Å²) in [7, 11) is 0. The van der Waals surface area contributed by atoms with Gasteiger partial charge in [-0.3, -0.25) is 9.59 Å². The zero-order chi connectivity index (χ0) is 45.9. The number of ether oxygens (including phenoxy) is 4. The predicted molar refractivity (Wildman–Crippen MR) is 256 cm³/mol. The van der Waals surface area contributed by atoms with Gasteiger partial charge in [0.15, 0.2) is 12.4 Å². The lowest BCUT2D eigenvalue weighted by Gasteiger charge is -2.39. The molecule has 1 aliphatic heterocycles. The van der Waals surface area contributed by atoms with Crippen LogP contribution in [0.25, 0.3) is 0 Å². The number of carbonyl (C=O) groups is 2. The molecule has 63 heavy (non-hydrogen) atoms. The molecule has 1 heterocycles. The summed E-state index contributed by atoms with van der Waals surface area (Å²) in [5.74, 6) is -0.802. The van der Waals surface area contributed by atoms with E-state index in [1.165, 1.54) is 167 Å². The average molecular weight is 895 g/mol. The summed E-state index contributed by atoms with van der Waals surface area (Å²) >= 11 is 0. The van der Waals surface area contributed by atoms with E-state index in [2.05, 4.69) is 38.2 Å². The molecule has 6 atom stereocenters. The molecule has 0 aromatic carbocycles. The van der Waals surface area contributed by atoms with Crippen molar-refractivity contribution >= 4 is 11.9 Å². The number of allylic oxidation sites excluding steroid dienone is 4. The SMILES string of the molecule is CCCCCCCC/C=C/CCCCCCCCCCCCCC(=O)OC[C@@H](CO[C@H]1O[C@@H](CO)[C@@H](O)C(O)C1O)OC(=O)CCCCCCCCC/C=C/CCCCCCCC. The number of hydrogen-bond donors (Lipinski definition) is 4. The van der Waals surface area contributed by atoms with E-state index in [0.29, 0.717) is 6.42 Å². The third-order valence-corrected chi connectivity index (χ3v) is 12.3. The summed E-state index contributed by atoms with van der Waals surface area (Å²) in [6.45, 7) is 3.45. The molecule has 0 aliphatic carbocycles. The standard InChI is InChI=1S/C53H98O10/c1-3-5-7-9-11-13-15-17-19-21-22-23-24-26-27-29-31-33-35-37-39-41-48(55)60-44-46(45-61-53-52(59)51(58)50(57)47(43-54)63-53)62-49(56)42-40-38-36-34-32-30-28-25-20-18-16-14-12-10-8-6-4-2/h17-20,46-47,50-54,57-59H,3-16,21-45H2,1-2H3/b19-17+,20-18+/t46-,47-,50+,51?,52?,53-/m0/s1. The maximum atomic E-state index is 12.8. The molecule has 0 saturated carbocycles. The highest BCUT2D eigenvalue weighted by Gasteiger charge is 2.44. The number of aliphatic hydroxyl groups is 4. The average Bonchev–Trinajstić information content (AvgIpc) is 3.28. The highest BCUT2D eigenvalue weighted by molar-refractivity contribution is 5.70. The summed E-state index contributed by atoms with van der Waals surface area (Å²) in [5.41, 5.74) is 0. The van der Waals surface area contributed by atoms with Crippen molar-refractivity contribution in [3.63, 3.8) is 0 Å². The number of unbranched alkanes of at least 4 members (excludes halogenated alkanes) is 30. The third kappa shape index (κ3) is 35.1. The lowest BCUT2D eigenvalue weighted by atomic mass is 9.99. The van der Waals surface area contributed by atoms with Gasteiger partial charge in [0, 0.05) is 12.8 Å². The van der Waals surface area contributed by atoms with Crippen LogP contribution in [0.5, 0.6) is 0 Å². The Bertz CT molecular complexity index is 1080. The number of carbonyl (C=O) groups excluding carboxylic acids is 2. The summed E-state index contributed by atoms with van der Waals surface area (Å²) in [6.07, 6.45) is 43.3. The second-order valence-electron chi connectivity index (χ2n) is 18.3. The van der Waals surface area contributed by atoms with Gasteiger partial charge in [0.05, 0.1) is 13.2 Å². The topological polar surface area (TPSA) is 152 Å². The van der Waals surface area contributed by atoms with Crippen LogP contribution in [0.4, 0.5) is 0 Å². The molecule has 1 rings (SSSR count). The molecule has 10 nitrogen and oxygen atoms in total. The maximum Gasteiger partial charge on any atom is 0.306 e. The van der Waals surface area contributed by atoms with Gasteiger partial charge in [-0.1, -0.05) is 192 Å². The van der Waals surface area contributed by atoms with Crippen LogP contribution >= 0.6 is 0 Å². The van der Waals surface area contributed by atoms with Crippen molar-refractivity contribution in [3.8, 4) is 0 Å². The molecule has 0 aromatic rings. The lowest BCUT2D eigenvalue weighted by molar-refractivity contribution is -0.305. The van der Waals surface area contributed by atoms with Crippen LogP contribution in [-0.4, -0.2) is 89.0 Å². The van der Waals surface area contributed by atoms with Crippen molar-refractivity contribution < 1.29 is 49.0 Å².